The highest BCUT2D eigenvalue weighted by atomic mass is 35.5. The fourth-order valence-electron chi connectivity index (χ4n) is 2.94. The van der Waals surface area contributed by atoms with Gasteiger partial charge in [-0.2, -0.15) is 0 Å². The number of methoxy groups -OCH3 is 2. The average Bonchev–Trinajstić information content (AvgIpc) is 2.82. The number of anilines is 1. The lowest BCUT2D eigenvalue weighted by Crippen LogP contribution is -2.40. The van der Waals surface area contributed by atoms with Crippen molar-refractivity contribution in [3.63, 3.8) is 0 Å². The predicted octanol–water partition coefficient (Wildman–Crippen LogP) is 4.44. The summed E-state index contributed by atoms with van der Waals surface area (Å²) < 4.78 is 16.0. The van der Waals surface area contributed by atoms with Gasteiger partial charge in [0.15, 0.2) is 0 Å². The molecule has 1 amide bonds. The molecule has 3 rings (SSSR count). The average molecular weight is 442 g/mol. The van der Waals surface area contributed by atoms with E-state index in [-0.39, 0.29) is 19.1 Å². The van der Waals surface area contributed by atoms with Crippen molar-refractivity contribution in [2.45, 2.75) is 6.10 Å². The van der Waals surface area contributed by atoms with Crippen molar-refractivity contribution in [1.29, 1.82) is 0 Å². The molecule has 0 heterocycles. The van der Waals surface area contributed by atoms with Crippen LogP contribution in [0.2, 0.25) is 5.02 Å². The molecule has 31 heavy (non-hydrogen) atoms. The van der Waals surface area contributed by atoms with Crippen LogP contribution in [0.25, 0.3) is 0 Å². The van der Waals surface area contributed by atoms with E-state index in [1.807, 2.05) is 0 Å². The number of carbonyl (C=O) groups excluding carboxylic acids is 1. The molecule has 0 aliphatic heterocycles. The Balaban J connectivity index is 1.76. The van der Waals surface area contributed by atoms with Crippen LogP contribution in [0, 0.1) is 0 Å². The number of halogens is 1. The summed E-state index contributed by atoms with van der Waals surface area (Å²) in [6.45, 7) is 0.0644. The lowest BCUT2D eigenvalue weighted by molar-refractivity contribution is 0.0906. The minimum absolute atomic E-state index is 0.0180. The summed E-state index contributed by atoms with van der Waals surface area (Å²) in [7, 11) is 3.14. The van der Waals surface area contributed by atoms with Crippen LogP contribution in [0.4, 0.5) is 5.69 Å². The van der Waals surface area contributed by atoms with E-state index in [4.69, 9.17) is 25.8 Å². The Labute approximate surface area is 186 Å². The molecule has 6 nitrogen and oxygen atoms in total. The summed E-state index contributed by atoms with van der Waals surface area (Å²) in [4.78, 5) is 14.7. The number of amides is 1. The fourth-order valence-corrected chi connectivity index (χ4v) is 3.07. The molecule has 162 valence electrons. The van der Waals surface area contributed by atoms with Crippen molar-refractivity contribution in [1.82, 2.24) is 0 Å². The quantitative estimate of drug-likeness (QED) is 0.531. The highest BCUT2D eigenvalue weighted by Gasteiger charge is 2.22. The maximum atomic E-state index is 13.2. The molecule has 0 fully saturated rings. The van der Waals surface area contributed by atoms with Crippen LogP contribution in [-0.2, 0) is 0 Å². The number of aliphatic hydroxyl groups excluding tert-OH is 1. The zero-order chi connectivity index (χ0) is 22.2. The number of ether oxygens (including phenoxy) is 3. The Morgan fingerprint density at radius 2 is 1.39 bits per heavy atom. The second kappa shape index (κ2) is 10.7. The van der Waals surface area contributed by atoms with E-state index < -0.39 is 6.10 Å². The maximum Gasteiger partial charge on any atom is 0.258 e. The van der Waals surface area contributed by atoms with Gasteiger partial charge in [-0.05, 0) is 72.8 Å². The van der Waals surface area contributed by atoms with Gasteiger partial charge in [0.25, 0.3) is 5.91 Å². The van der Waals surface area contributed by atoms with E-state index in [0.29, 0.717) is 33.5 Å². The molecular formula is C24H24ClNO5. The van der Waals surface area contributed by atoms with Crippen LogP contribution in [0.5, 0.6) is 17.2 Å². The van der Waals surface area contributed by atoms with Gasteiger partial charge in [0.1, 0.15) is 30.0 Å². The van der Waals surface area contributed by atoms with Crippen molar-refractivity contribution in [2.24, 2.45) is 0 Å². The van der Waals surface area contributed by atoms with Crippen molar-refractivity contribution < 1.29 is 24.1 Å². The van der Waals surface area contributed by atoms with Crippen LogP contribution < -0.4 is 19.1 Å². The first kappa shape index (κ1) is 22.5. The largest absolute Gasteiger partial charge is 0.497 e. The van der Waals surface area contributed by atoms with Crippen LogP contribution >= 0.6 is 11.6 Å². The van der Waals surface area contributed by atoms with Crippen molar-refractivity contribution in [2.75, 3.05) is 32.3 Å². The first-order chi connectivity index (χ1) is 15.0. The molecule has 0 saturated carbocycles. The minimum atomic E-state index is -0.917. The van der Waals surface area contributed by atoms with Gasteiger partial charge in [0.2, 0.25) is 0 Å². The van der Waals surface area contributed by atoms with Crippen molar-refractivity contribution in [3.05, 3.63) is 83.4 Å². The van der Waals surface area contributed by atoms with Gasteiger partial charge in [0.05, 0.1) is 20.8 Å². The summed E-state index contributed by atoms with van der Waals surface area (Å²) in [6, 6.07) is 20.7. The lowest BCUT2D eigenvalue weighted by Gasteiger charge is -2.26. The molecule has 0 radical (unpaired) electrons. The Morgan fingerprint density at radius 1 is 0.871 bits per heavy atom. The normalized spacial score (nSPS) is 11.5. The molecule has 0 aromatic heterocycles. The molecule has 0 bridgehead atoms. The molecule has 3 aromatic carbocycles. The Bertz CT molecular complexity index is 974. The van der Waals surface area contributed by atoms with Crippen LogP contribution in [0.3, 0.4) is 0 Å². The molecule has 0 saturated heterocycles. The minimum Gasteiger partial charge on any atom is -0.497 e. The molecule has 0 spiro atoms. The Morgan fingerprint density at radius 3 is 1.94 bits per heavy atom. The zero-order valence-electron chi connectivity index (χ0n) is 17.3. The van der Waals surface area contributed by atoms with Gasteiger partial charge < -0.3 is 24.2 Å². The number of benzene rings is 3. The maximum absolute atomic E-state index is 13.2. The fraction of sp³-hybridized carbons (Fsp3) is 0.208. The van der Waals surface area contributed by atoms with Crippen LogP contribution in [0.1, 0.15) is 10.4 Å². The smallest absolute Gasteiger partial charge is 0.258 e. The summed E-state index contributed by atoms with van der Waals surface area (Å²) >= 11 is 5.88. The highest BCUT2D eigenvalue weighted by Crippen LogP contribution is 2.23. The number of rotatable bonds is 9. The second-order valence-electron chi connectivity index (χ2n) is 6.76. The summed E-state index contributed by atoms with van der Waals surface area (Å²) in [5.74, 6) is 1.66. The van der Waals surface area contributed by atoms with Crippen molar-refractivity contribution in [3.8, 4) is 17.2 Å². The third kappa shape index (κ3) is 6.13. The SMILES string of the molecule is COc1ccc(C(=O)N(C[C@H](O)COc2ccc(Cl)cc2)c2ccc(OC)cc2)cc1. The van der Waals surface area contributed by atoms with Crippen molar-refractivity contribution >= 4 is 23.2 Å². The number of carbonyl (C=O) groups is 1. The van der Waals surface area contributed by atoms with Gasteiger partial charge >= 0.3 is 0 Å². The third-order valence-corrected chi connectivity index (χ3v) is 4.87. The van der Waals surface area contributed by atoms with Gasteiger partial charge in [-0.1, -0.05) is 11.6 Å². The van der Waals surface area contributed by atoms with E-state index in [1.165, 1.54) is 4.90 Å². The van der Waals surface area contributed by atoms with E-state index in [0.717, 1.165) is 0 Å². The molecule has 1 atom stereocenters. The molecule has 3 aromatic rings. The van der Waals surface area contributed by atoms with Gasteiger partial charge in [0, 0.05) is 16.3 Å². The monoisotopic (exact) mass is 441 g/mol. The molecule has 0 unspecified atom stereocenters. The van der Waals surface area contributed by atoms with Crippen LogP contribution in [0.15, 0.2) is 72.8 Å². The number of hydrogen-bond acceptors (Lipinski definition) is 5. The Hall–Kier alpha value is -3.22. The lowest BCUT2D eigenvalue weighted by atomic mass is 10.1. The third-order valence-electron chi connectivity index (χ3n) is 4.62. The zero-order valence-corrected chi connectivity index (χ0v) is 18.1. The van der Waals surface area contributed by atoms with Gasteiger partial charge in [-0.25, -0.2) is 0 Å². The first-order valence-electron chi connectivity index (χ1n) is 9.66. The molecule has 1 N–H and O–H groups in total. The highest BCUT2D eigenvalue weighted by molar-refractivity contribution is 6.30. The molecule has 0 aliphatic carbocycles. The second-order valence-corrected chi connectivity index (χ2v) is 7.20. The molecule has 7 heteroatoms. The topological polar surface area (TPSA) is 68.2 Å². The number of aliphatic hydroxyl groups is 1. The number of nitrogens with zero attached hydrogens (tertiary/aromatic N) is 1. The molecular weight excluding hydrogens is 418 g/mol. The first-order valence-corrected chi connectivity index (χ1v) is 10.0. The van der Waals surface area contributed by atoms with E-state index in [2.05, 4.69) is 0 Å². The number of hydrogen-bond donors (Lipinski definition) is 1. The van der Waals surface area contributed by atoms with E-state index in [9.17, 15) is 9.90 Å². The summed E-state index contributed by atoms with van der Waals surface area (Å²) in [6.07, 6.45) is -0.917. The molecule has 0 aliphatic rings. The van der Waals surface area contributed by atoms with Crippen LogP contribution in [-0.4, -0.2) is 44.5 Å². The van der Waals surface area contributed by atoms with Gasteiger partial charge in [-0.3, -0.25) is 4.79 Å². The predicted molar refractivity (Wildman–Crippen MR) is 121 cm³/mol. The Kier molecular flexibility index (Phi) is 7.76. The van der Waals surface area contributed by atoms with E-state index in [1.54, 1.807) is 87.0 Å². The van der Waals surface area contributed by atoms with E-state index >= 15 is 0 Å². The summed E-state index contributed by atoms with van der Waals surface area (Å²) in [5, 5.41) is 11.2. The summed E-state index contributed by atoms with van der Waals surface area (Å²) in [5.41, 5.74) is 1.11. The van der Waals surface area contributed by atoms with Gasteiger partial charge in [-0.15, -0.1) is 0 Å². The standard InChI is InChI=1S/C24H24ClNO5/c1-29-21-9-3-17(4-10-21)24(28)26(19-7-13-22(30-2)14-8-19)15-20(27)16-31-23-11-5-18(25)6-12-23/h3-14,20,27H,15-16H2,1-2H3/t20-/m0/s1.